The molecule has 1 atom stereocenters. The number of aliphatic carboxylic acids is 1. The first-order chi connectivity index (χ1) is 9.13. The van der Waals surface area contributed by atoms with Crippen LogP contribution in [0.4, 0.5) is 5.82 Å². The molecule has 0 bridgehead atoms. The largest absolute Gasteiger partial charge is 0.480 e. The van der Waals surface area contributed by atoms with Crippen LogP contribution >= 0.6 is 22.6 Å². The number of anilines is 1. The third-order valence-corrected chi connectivity index (χ3v) is 3.70. The molecule has 2 rings (SSSR count). The normalized spacial score (nSPS) is 12.3. The molecule has 0 saturated heterocycles. The van der Waals surface area contributed by atoms with Crippen molar-refractivity contribution < 1.29 is 9.90 Å². The summed E-state index contributed by atoms with van der Waals surface area (Å²) in [5.74, 6) is -0.282. The van der Waals surface area contributed by atoms with Crippen molar-refractivity contribution in [2.24, 2.45) is 0 Å². The zero-order valence-corrected chi connectivity index (χ0v) is 12.6. The summed E-state index contributed by atoms with van der Waals surface area (Å²) < 4.78 is 0.999. The summed E-state index contributed by atoms with van der Waals surface area (Å²) in [6.45, 7) is 1.96. The average Bonchev–Trinajstić information content (AvgIpc) is 2.38. The van der Waals surface area contributed by atoms with Gasteiger partial charge in [-0.1, -0.05) is 19.4 Å². The van der Waals surface area contributed by atoms with Crippen molar-refractivity contribution in [3.63, 3.8) is 0 Å². The van der Waals surface area contributed by atoms with Crippen LogP contribution in [0.25, 0.3) is 10.9 Å². The van der Waals surface area contributed by atoms with Crippen molar-refractivity contribution in [1.82, 2.24) is 9.97 Å². The number of carboxylic acid groups (broad SMARTS) is 1. The molecule has 19 heavy (non-hydrogen) atoms. The molecule has 0 fully saturated rings. The predicted octanol–water partition coefficient (Wildman–Crippen LogP) is 2.90. The second kappa shape index (κ2) is 6.14. The molecule has 2 N–H and O–H groups in total. The lowest BCUT2D eigenvalue weighted by Crippen LogP contribution is -2.29. The van der Waals surface area contributed by atoms with Gasteiger partial charge in [0, 0.05) is 3.57 Å². The molecule has 2 aromatic rings. The Bertz CT molecular complexity index is 598. The first kappa shape index (κ1) is 14.0. The maximum absolute atomic E-state index is 11.2. The third kappa shape index (κ3) is 3.12. The van der Waals surface area contributed by atoms with E-state index in [1.165, 1.54) is 6.33 Å². The summed E-state index contributed by atoms with van der Waals surface area (Å²) >= 11 is 2.20. The number of hydrogen-bond donors (Lipinski definition) is 2. The quantitative estimate of drug-likeness (QED) is 0.791. The highest BCUT2D eigenvalue weighted by molar-refractivity contribution is 14.1. The number of carbonyl (C=O) groups is 1. The zero-order valence-electron chi connectivity index (χ0n) is 10.4. The molecule has 0 spiro atoms. The van der Waals surface area contributed by atoms with E-state index in [1.807, 2.05) is 25.1 Å². The van der Waals surface area contributed by atoms with Crippen LogP contribution in [0.5, 0.6) is 0 Å². The van der Waals surface area contributed by atoms with Crippen molar-refractivity contribution in [3.05, 3.63) is 28.1 Å². The molecule has 1 aromatic carbocycles. The Morgan fingerprint density at radius 1 is 1.47 bits per heavy atom. The van der Waals surface area contributed by atoms with E-state index in [0.29, 0.717) is 12.2 Å². The number of hydrogen-bond acceptors (Lipinski definition) is 4. The number of carboxylic acids is 1. The molecule has 1 unspecified atom stereocenters. The van der Waals surface area contributed by atoms with E-state index >= 15 is 0 Å². The summed E-state index contributed by atoms with van der Waals surface area (Å²) in [7, 11) is 0. The molecule has 0 aliphatic heterocycles. The first-order valence-corrected chi connectivity index (χ1v) is 7.10. The molecule has 1 aromatic heterocycles. The van der Waals surface area contributed by atoms with Gasteiger partial charge in [0.1, 0.15) is 18.2 Å². The number of fused-ring (bicyclic) bond motifs is 1. The molecule has 0 radical (unpaired) electrons. The van der Waals surface area contributed by atoms with Gasteiger partial charge in [-0.15, -0.1) is 0 Å². The molecule has 0 aliphatic rings. The molecule has 5 nitrogen and oxygen atoms in total. The van der Waals surface area contributed by atoms with Crippen LogP contribution in [-0.4, -0.2) is 27.1 Å². The van der Waals surface area contributed by atoms with Crippen molar-refractivity contribution in [2.75, 3.05) is 5.32 Å². The van der Waals surface area contributed by atoms with E-state index in [9.17, 15) is 9.90 Å². The zero-order chi connectivity index (χ0) is 13.8. The minimum atomic E-state index is -0.862. The van der Waals surface area contributed by atoms with Gasteiger partial charge in [0.2, 0.25) is 0 Å². The average molecular weight is 371 g/mol. The molecule has 0 amide bonds. The van der Waals surface area contributed by atoms with Gasteiger partial charge in [-0.3, -0.25) is 0 Å². The van der Waals surface area contributed by atoms with Gasteiger partial charge in [-0.2, -0.15) is 0 Å². The van der Waals surface area contributed by atoms with E-state index < -0.39 is 12.0 Å². The molecule has 0 saturated carbocycles. The maximum Gasteiger partial charge on any atom is 0.326 e. The third-order valence-electron chi connectivity index (χ3n) is 2.80. The van der Waals surface area contributed by atoms with Gasteiger partial charge in [-0.05, 0) is 41.1 Å². The van der Waals surface area contributed by atoms with Crippen molar-refractivity contribution in [3.8, 4) is 0 Å². The topological polar surface area (TPSA) is 75.1 Å². The maximum atomic E-state index is 11.2. The number of rotatable bonds is 5. The lowest BCUT2D eigenvalue weighted by atomic mass is 10.1. The lowest BCUT2D eigenvalue weighted by molar-refractivity contribution is -0.138. The monoisotopic (exact) mass is 371 g/mol. The van der Waals surface area contributed by atoms with Gasteiger partial charge < -0.3 is 10.4 Å². The number of halogens is 1. The van der Waals surface area contributed by atoms with Crippen molar-refractivity contribution >= 4 is 45.3 Å². The second-order valence-corrected chi connectivity index (χ2v) is 5.34. The first-order valence-electron chi connectivity index (χ1n) is 6.02. The highest BCUT2D eigenvalue weighted by Crippen LogP contribution is 2.25. The van der Waals surface area contributed by atoms with Crippen LogP contribution in [0.1, 0.15) is 19.8 Å². The Kier molecular flexibility index (Phi) is 4.52. The lowest BCUT2D eigenvalue weighted by Gasteiger charge is -2.15. The fourth-order valence-corrected chi connectivity index (χ4v) is 2.63. The number of benzene rings is 1. The minimum absolute atomic E-state index is 0.560. The van der Waals surface area contributed by atoms with E-state index in [0.717, 1.165) is 20.9 Å². The van der Waals surface area contributed by atoms with E-state index in [2.05, 4.69) is 37.9 Å². The van der Waals surface area contributed by atoms with Crippen LogP contribution < -0.4 is 5.32 Å². The van der Waals surface area contributed by atoms with E-state index in [1.54, 1.807) is 0 Å². The van der Waals surface area contributed by atoms with Gasteiger partial charge in [0.15, 0.2) is 0 Å². The van der Waals surface area contributed by atoms with Crippen molar-refractivity contribution in [1.29, 1.82) is 0 Å². The smallest absolute Gasteiger partial charge is 0.326 e. The van der Waals surface area contributed by atoms with Crippen molar-refractivity contribution in [2.45, 2.75) is 25.8 Å². The molecule has 0 aliphatic carbocycles. The number of nitrogens with zero attached hydrogens (tertiary/aromatic N) is 2. The fraction of sp³-hybridized carbons (Fsp3) is 0.308. The summed E-state index contributed by atoms with van der Waals surface area (Å²) in [5, 5.41) is 13.1. The van der Waals surface area contributed by atoms with Crippen LogP contribution in [0.3, 0.4) is 0 Å². The highest BCUT2D eigenvalue weighted by Gasteiger charge is 2.18. The van der Waals surface area contributed by atoms with E-state index in [4.69, 9.17) is 0 Å². The number of nitrogens with one attached hydrogen (secondary N) is 1. The SMILES string of the molecule is CCCC(Nc1ncnc2cccc(I)c12)C(=O)O. The van der Waals surface area contributed by atoms with Crippen LogP contribution in [0.2, 0.25) is 0 Å². The van der Waals surface area contributed by atoms with Gasteiger partial charge in [-0.25, -0.2) is 14.8 Å². The summed E-state index contributed by atoms with van der Waals surface area (Å²) in [5.41, 5.74) is 0.810. The summed E-state index contributed by atoms with van der Waals surface area (Å²) in [6, 6.07) is 5.13. The van der Waals surface area contributed by atoms with E-state index in [-0.39, 0.29) is 0 Å². The summed E-state index contributed by atoms with van der Waals surface area (Å²) in [4.78, 5) is 19.6. The summed E-state index contributed by atoms with van der Waals surface area (Å²) in [6.07, 6.45) is 2.81. The van der Waals surface area contributed by atoms with Crippen LogP contribution in [0.15, 0.2) is 24.5 Å². The Balaban J connectivity index is 2.42. The standard InChI is InChI=1S/C13H14IN3O2/c1-2-4-10(13(18)19)17-12-11-8(14)5-3-6-9(11)15-7-16-12/h3,5-7,10H,2,4H2,1H3,(H,18,19)(H,15,16,17). The fourth-order valence-electron chi connectivity index (χ4n) is 1.89. The Morgan fingerprint density at radius 2 is 2.26 bits per heavy atom. The van der Waals surface area contributed by atoms with Crippen LogP contribution in [0, 0.1) is 3.57 Å². The molecule has 100 valence electrons. The second-order valence-electron chi connectivity index (χ2n) is 4.18. The molecular formula is C13H14IN3O2. The predicted molar refractivity (Wildman–Crippen MR) is 82.2 cm³/mol. The molecule has 6 heteroatoms. The molecule has 1 heterocycles. The van der Waals surface area contributed by atoms with Crippen LogP contribution in [-0.2, 0) is 4.79 Å². The number of aromatic nitrogens is 2. The van der Waals surface area contributed by atoms with Gasteiger partial charge in [0.25, 0.3) is 0 Å². The van der Waals surface area contributed by atoms with Gasteiger partial charge >= 0.3 is 5.97 Å². The molecular weight excluding hydrogens is 357 g/mol. The Morgan fingerprint density at radius 3 is 2.95 bits per heavy atom. The minimum Gasteiger partial charge on any atom is -0.480 e. The Labute approximate surface area is 124 Å². The van der Waals surface area contributed by atoms with Gasteiger partial charge in [0.05, 0.1) is 10.9 Å². The highest BCUT2D eigenvalue weighted by atomic mass is 127. The Hall–Kier alpha value is -1.44.